The van der Waals surface area contributed by atoms with Gasteiger partial charge >= 0.3 is 5.97 Å². The molecule has 0 atom stereocenters. The lowest BCUT2D eigenvalue weighted by Gasteiger charge is -2.01. The number of hydrogen-bond acceptors (Lipinski definition) is 4. The van der Waals surface area contributed by atoms with Crippen LogP contribution >= 0.6 is 0 Å². The van der Waals surface area contributed by atoms with Gasteiger partial charge in [0.2, 0.25) is 0 Å². The summed E-state index contributed by atoms with van der Waals surface area (Å²) in [5.41, 5.74) is 8.20. The second-order valence-electron chi connectivity index (χ2n) is 4.03. The third kappa shape index (κ3) is 3.22. The SMILES string of the molecule is COC(=O)c1ccccc1C#Cc1ccnc(CN)c1. The van der Waals surface area contributed by atoms with Crippen LogP contribution in [0.3, 0.4) is 0 Å². The zero-order valence-electron chi connectivity index (χ0n) is 11.1. The first kappa shape index (κ1) is 13.8. The van der Waals surface area contributed by atoms with Gasteiger partial charge in [-0.15, -0.1) is 0 Å². The van der Waals surface area contributed by atoms with Crippen LogP contribution in [0.15, 0.2) is 42.6 Å². The molecular formula is C16H14N2O2. The minimum atomic E-state index is -0.396. The standard InChI is InChI=1S/C16H14N2O2/c1-20-16(19)15-5-3-2-4-13(15)7-6-12-8-9-18-14(10-12)11-17/h2-5,8-10H,11,17H2,1H3. The smallest absolute Gasteiger partial charge is 0.339 e. The molecular weight excluding hydrogens is 252 g/mol. The average molecular weight is 266 g/mol. The summed E-state index contributed by atoms with van der Waals surface area (Å²) in [4.78, 5) is 15.7. The first-order valence-electron chi connectivity index (χ1n) is 6.09. The zero-order valence-corrected chi connectivity index (χ0v) is 11.1. The maximum Gasteiger partial charge on any atom is 0.339 e. The van der Waals surface area contributed by atoms with Gasteiger partial charge in [-0.3, -0.25) is 4.98 Å². The molecule has 0 spiro atoms. The number of nitrogens with zero attached hydrogens (tertiary/aromatic N) is 1. The van der Waals surface area contributed by atoms with Gasteiger partial charge in [0.1, 0.15) is 0 Å². The number of ether oxygens (including phenoxy) is 1. The fraction of sp³-hybridized carbons (Fsp3) is 0.125. The average Bonchev–Trinajstić information content (AvgIpc) is 2.52. The van der Waals surface area contributed by atoms with E-state index in [0.717, 1.165) is 11.3 Å². The number of esters is 1. The summed E-state index contributed by atoms with van der Waals surface area (Å²) in [6.07, 6.45) is 1.67. The molecule has 100 valence electrons. The highest BCUT2D eigenvalue weighted by Gasteiger charge is 2.08. The Morgan fingerprint density at radius 2 is 2.10 bits per heavy atom. The van der Waals surface area contributed by atoms with E-state index in [1.165, 1.54) is 7.11 Å². The lowest BCUT2D eigenvalue weighted by Crippen LogP contribution is -2.03. The molecule has 2 aromatic rings. The third-order valence-electron chi connectivity index (χ3n) is 2.70. The number of rotatable bonds is 2. The van der Waals surface area contributed by atoms with Gasteiger partial charge < -0.3 is 10.5 Å². The second kappa shape index (κ2) is 6.50. The van der Waals surface area contributed by atoms with E-state index in [9.17, 15) is 4.79 Å². The van der Waals surface area contributed by atoms with Gasteiger partial charge in [-0.05, 0) is 24.3 Å². The van der Waals surface area contributed by atoms with E-state index in [1.54, 1.807) is 30.5 Å². The normalized spacial score (nSPS) is 9.50. The molecule has 0 aliphatic carbocycles. The van der Waals surface area contributed by atoms with Gasteiger partial charge in [0.15, 0.2) is 0 Å². The van der Waals surface area contributed by atoms with Crippen molar-refractivity contribution in [1.82, 2.24) is 4.98 Å². The van der Waals surface area contributed by atoms with Crippen molar-refractivity contribution in [2.75, 3.05) is 7.11 Å². The minimum Gasteiger partial charge on any atom is -0.465 e. The van der Waals surface area contributed by atoms with E-state index >= 15 is 0 Å². The van der Waals surface area contributed by atoms with Crippen molar-refractivity contribution < 1.29 is 9.53 Å². The van der Waals surface area contributed by atoms with E-state index in [1.807, 2.05) is 12.1 Å². The predicted octanol–water partition coefficient (Wildman–Crippen LogP) is 1.73. The Balaban J connectivity index is 2.35. The Kier molecular flexibility index (Phi) is 4.48. The summed E-state index contributed by atoms with van der Waals surface area (Å²) in [6.45, 7) is 0.369. The van der Waals surface area contributed by atoms with Crippen molar-refractivity contribution in [3.8, 4) is 11.8 Å². The largest absolute Gasteiger partial charge is 0.465 e. The molecule has 0 amide bonds. The second-order valence-corrected chi connectivity index (χ2v) is 4.03. The lowest BCUT2D eigenvalue weighted by molar-refractivity contribution is 0.0600. The fourth-order valence-corrected chi connectivity index (χ4v) is 1.69. The van der Waals surface area contributed by atoms with Crippen molar-refractivity contribution in [3.63, 3.8) is 0 Å². The number of pyridine rings is 1. The first-order valence-corrected chi connectivity index (χ1v) is 6.09. The van der Waals surface area contributed by atoms with Crippen LogP contribution in [0.5, 0.6) is 0 Å². The van der Waals surface area contributed by atoms with Crippen LogP contribution in [0.1, 0.15) is 27.2 Å². The molecule has 0 saturated heterocycles. The van der Waals surface area contributed by atoms with Gasteiger partial charge in [0.25, 0.3) is 0 Å². The van der Waals surface area contributed by atoms with Crippen molar-refractivity contribution in [1.29, 1.82) is 0 Å². The number of hydrogen-bond donors (Lipinski definition) is 1. The summed E-state index contributed by atoms with van der Waals surface area (Å²) in [5, 5.41) is 0. The number of aromatic nitrogens is 1. The molecule has 0 fully saturated rings. The van der Waals surface area contributed by atoms with E-state index in [-0.39, 0.29) is 0 Å². The van der Waals surface area contributed by atoms with Gasteiger partial charge in [0.05, 0.1) is 18.4 Å². The van der Waals surface area contributed by atoms with Crippen molar-refractivity contribution >= 4 is 5.97 Å². The van der Waals surface area contributed by atoms with Crippen LogP contribution in [0.4, 0.5) is 0 Å². The minimum absolute atomic E-state index is 0.369. The molecule has 0 aliphatic rings. The lowest BCUT2D eigenvalue weighted by atomic mass is 10.1. The van der Waals surface area contributed by atoms with Gasteiger partial charge in [-0.25, -0.2) is 4.79 Å². The monoisotopic (exact) mass is 266 g/mol. The van der Waals surface area contributed by atoms with Crippen LogP contribution in [-0.2, 0) is 11.3 Å². The van der Waals surface area contributed by atoms with E-state index in [4.69, 9.17) is 10.5 Å². The quantitative estimate of drug-likeness (QED) is 0.664. The molecule has 1 aromatic heterocycles. The van der Waals surface area contributed by atoms with E-state index in [0.29, 0.717) is 17.7 Å². The Bertz CT molecular complexity index is 684. The van der Waals surface area contributed by atoms with Crippen molar-refractivity contribution in [2.45, 2.75) is 6.54 Å². The number of nitrogens with two attached hydrogens (primary N) is 1. The summed E-state index contributed by atoms with van der Waals surface area (Å²) in [7, 11) is 1.35. The summed E-state index contributed by atoms with van der Waals surface area (Å²) in [5.74, 6) is 5.58. The first-order chi connectivity index (χ1) is 9.74. The maximum atomic E-state index is 11.6. The van der Waals surface area contributed by atoms with E-state index < -0.39 is 5.97 Å². The highest BCUT2D eigenvalue weighted by Crippen LogP contribution is 2.09. The highest BCUT2D eigenvalue weighted by atomic mass is 16.5. The summed E-state index contributed by atoms with van der Waals surface area (Å²) >= 11 is 0. The van der Waals surface area contributed by atoms with Crippen molar-refractivity contribution in [2.24, 2.45) is 5.73 Å². The van der Waals surface area contributed by atoms with Gasteiger partial charge in [-0.1, -0.05) is 24.0 Å². The molecule has 1 aromatic carbocycles. The molecule has 0 unspecified atom stereocenters. The van der Waals surface area contributed by atoms with Crippen molar-refractivity contribution in [3.05, 3.63) is 65.0 Å². The van der Waals surface area contributed by atoms with E-state index in [2.05, 4.69) is 16.8 Å². The van der Waals surface area contributed by atoms with Gasteiger partial charge in [0, 0.05) is 23.9 Å². The van der Waals surface area contributed by atoms with Crippen LogP contribution in [0.25, 0.3) is 0 Å². The van der Waals surface area contributed by atoms with Crippen LogP contribution in [-0.4, -0.2) is 18.1 Å². The number of carbonyl (C=O) groups is 1. The number of methoxy groups -OCH3 is 1. The molecule has 20 heavy (non-hydrogen) atoms. The highest BCUT2D eigenvalue weighted by molar-refractivity contribution is 5.92. The molecule has 0 aliphatic heterocycles. The summed E-state index contributed by atoms with van der Waals surface area (Å²) < 4.78 is 4.73. The predicted molar refractivity (Wildman–Crippen MR) is 75.9 cm³/mol. The Morgan fingerprint density at radius 1 is 1.30 bits per heavy atom. The maximum absolute atomic E-state index is 11.6. The number of benzene rings is 1. The number of carbonyl (C=O) groups excluding carboxylic acids is 1. The molecule has 4 heteroatoms. The molecule has 0 saturated carbocycles. The molecule has 1 heterocycles. The molecule has 2 N–H and O–H groups in total. The molecule has 4 nitrogen and oxygen atoms in total. The Morgan fingerprint density at radius 3 is 2.85 bits per heavy atom. The fourth-order valence-electron chi connectivity index (χ4n) is 1.69. The third-order valence-corrected chi connectivity index (χ3v) is 2.70. The summed E-state index contributed by atoms with van der Waals surface area (Å²) in [6, 6.07) is 10.7. The molecule has 0 bridgehead atoms. The molecule has 2 rings (SSSR count). The van der Waals surface area contributed by atoms with Crippen LogP contribution in [0, 0.1) is 11.8 Å². The van der Waals surface area contributed by atoms with Crippen LogP contribution < -0.4 is 5.73 Å². The van der Waals surface area contributed by atoms with Gasteiger partial charge in [-0.2, -0.15) is 0 Å². The Hall–Kier alpha value is -2.64. The zero-order chi connectivity index (χ0) is 14.4. The topological polar surface area (TPSA) is 65.2 Å². The van der Waals surface area contributed by atoms with Crippen LogP contribution in [0.2, 0.25) is 0 Å². The molecule has 0 radical (unpaired) electrons. The Labute approximate surface area is 117 Å².